The van der Waals surface area contributed by atoms with Crippen molar-refractivity contribution >= 4 is 5.91 Å². The molecular formula is C14H17FN4O. The topological polar surface area (TPSA) is 72.9 Å². The van der Waals surface area contributed by atoms with Crippen LogP contribution in [0.3, 0.4) is 0 Å². The van der Waals surface area contributed by atoms with Crippen molar-refractivity contribution in [1.29, 1.82) is 0 Å². The first-order valence-electron chi connectivity index (χ1n) is 6.42. The van der Waals surface area contributed by atoms with Crippen LogP contribution in [-0.4, -0.2) is 22.2 Å². The average molecular weight is 276 g/mol. The lowest BCUT2D eigenvalue weighted by Gasteiger charge is -2.17. The molecule has 0 spiro atoms. The molecule has 2 rings (SSSR count). The Morgan fingerprint density at radius 3 is 2.85 bits per heavy atom. The SMILES string of the molecule is CCNC(C)c1cccc(F)c1-n1ccc(C(N)=O)n1. The van der Waals surface area contributed by atoms with E-state index in [0.29, 0.717) is 5.69 Å². The third kappa shape index (κ3) is 2.70. The number of nitrogens with two attached hydrogens (primary N) is 1. The van der Waals surface area contributed by atoms with Gasteiger partial charge in [0.05, 0.1) is 0 Å². The molecule has 1 aromatic carbocycles. The fourth-order valence-electron chi connectivity index (χ4n) is 2.12. The number of hydrogen-bond acceptors (Lipinski definition) is 3. The molecule has 0 aliphatic heterocycles. The van der Waals surface area contributed by atoms with Crippen LogP contribution in [0, 0.1) is 5.82 Å². The van der Waals surface area contributed by atoms with E-state index in [-0.39, 0.29) is 11.7 Å². The van der Waals surface area contributed by atoms with E-state index in [4.69, 9.17) is 5.73 Å². The van der Waals surface area contributed by atoms with Crippen LogP contribution in [0.4, 0.5) is 4.39 Å². The Hall–Kier alpha value is -2.21. The van der Waals surface area contributed by atoms with Crippen LogP contribution in [-0.2, 0) is 0 Å². The quantitative estimate of drug-likeness (QED) is 0.874. The maximum Gasteiger partial charge on any atom is 0.269 e. The molecule has 0 saturated heterocycles. The number of benzene rings is 1. The minimum Gasteiger partial charge on any atom is -0.364 e. The van der Waals surface area contributed by atoms with Crippen molar-refractivity contribution in [2.45, 2.75) is 19.9 Å². The Bertz CT molecular complexity index is 623. The third-order valence-corrected chi connectivity index (χ3v) is 3.07. The molecule has 20 heavy (non-hydrogen) atoms. The fraction of sp³-hybridized carbons (Fsp3) is 0.286. The molecule has 0 bridgehead atoms. The maximum atomic E-state index is 14.1. The lowest BCUT2D eigenvalue weighted by atomic mass is 10.1. The highest BCUT2D eigenvalue weighted by molar-refractivity contribution is 5.90. The van der Waals surface area contributed by atoms with Gasteiger partial charge in [-0.1, -0.05) is 19.1 Å². The molecule has 106 valence electrons. The van der Waals surface area contributed by atoms with Crippen LogP contribution >= 0.6 is 0 Å². The van der Waals surface area contributed by atoms with Gasteiger partial charge in [-0.2, -0.15) is 5.10 Å². The zero-order valence-electron chi connectivity index (χ0n) is 11.4. The van der Waals surface area contributed by atoms with Crippen molar-refractivity contribution in [2.75, 3.05) is 6.54 Å². The Morgan fingerprint density at radius 2 is 2.25 bits per heavy atom. The highest BCUT2D eigenvalue weighted by Crippen LogP contribution is 2.24. The van der Waals surface area contributed by atoms with Gasteiger partial charge in [0, 0.05) is 12.2 Å². The standard InChI is InChI=1S/C14H17FN4O/c1-3-17-9(2)10-5-4-6-11(15)13(10)19-8-7-12(18-19)14(16)20/h4-9,17H,3H2,1-2H3,(H2,16,20). The second kappa shape index (κ2) is 5.83. The molecule has 0 radical (unpaired) electrons. The largest absolute Gasteiger partial charge is 0.364 e. The molecule has 1 atom stereocenters. The van der Waals surface area contributed by atoms with Crippen molar-refractivity contribution in [3.05, 3.63) is 47.5 Å². The zero-order valence-corrected chi connectivity index (χ0v) is 11.4. The van der Waals surface area contributed by atoms with Gasteiger partial charge in [-0.05, 0) is 31.2 Å². The summed E-state index contributed by atoms with van der Waals surface area (Å²) in [5, 5.41) is 7.25. The summed E-state index contributed by atoms with van der Waals surface area (Å²) >= 11 is 0. The summed E-state index contributed by atoms with van der Waals surface area (Å²) < 4.78 is 15.5. The molecule has 1 unspecified atom stereocenters. The van der Waals surface area contributed by atoms with Crippen molar-refractivity contribution in [1.82, 2.24) is 15.1 Å². The number of primary amides is 1. The van der Waals surface area contributed by atoms with Crippen LogP contribution in [0.1, 0.15) is 35.9 Å². The molecule has 1 aromatic heterocycles. The van der Waals surface area contributed by atoms with Gasteiger partial charge in [0.1, 0.15) is 17.2 Å². The first kappa shape index (κ1) is 14.2. The molecule has 0 aliphatic rings. The Kier molecular flexibility index (Phi) is 4.14. The molecule has 1 heterocycles. The van der Waals surface area contributed by atoms with Gasteiger partial charge in [-0.25, -0.2) is 9.07 Å². The number of hydrogen-bond donors (Lipinski definition) is 2. The van der Waals surface area contributed by atoms with Crippen LogP contribution in [0.5, 0.6) is 0 Å². The number of amides is 1. The van der Waals surface area contributed by atoms with Crippen LogP contribution in [0.25, 0.3) is 5.69 Å². The van der Waals surface area contributed by atoms with Crippen LogP contribution < -0.4 is 11.1 Å². The summed E-state index contributed by atoms with van der Waals surface area (Å²) in [4.78, 5) is 11.1. The van der Waals surface area contributed by atoms with Crippen molar-refractivity contribution in [2.24, 2.45) is 5.73 Å². The number of rotatable bonds is 5. The van der Waals surface area contributed by atoms with Gasteiger partial charge in [-0.3, -0.25) is 4.79 Å². The number of para-hydroxylation sites is 1. The highest BCUT2D eigenvalue weighted by Gasteiger charge is 2.17. The molecule has 0 fully saturated rings. The van der Waals surface area contributed by atoms with Gasteiger partial charge in [-0.15, -0.1) is 0 Å². The molecule has 2 aromatic rings. The lowest BCUT2D eigenvalue weighted by molar-refractivity contribution is 0.0995. The highest BCUT2D eigenvalue weighted by atomic mass is 19.1. The maximum absolute atomic E-state index is 14.1. The van der Waals surface area contributed by atoms with E-state index in [2.05, 4.69) is 10.4 Å². The van der Waals surface area contributed by atoms with E-state index in [1.807, 2.05) is 19.9 Å². The lowest BCUT2D eigenvalue weighted by Crippen LogP contribution is -2.20. The second-order valence-corrected chi connectivity index (χ2v) is 4.47. The average Bonchev–Trinajstić information content (AvgIpc) is 2.88. The van der Waals surface area contributed by atoms with Gasteiger partial charge in [0.25, 0.3) is 5.91 Å². The first-order valence-corrected chi connectivity index (χ1v) is 6.42. The minimum absolute atomic E-state index is 0.0353. The smallest absolute Gasteiger partial charge is 0.269 e. The van der Waals surface area contributed by atoms with Gasteiger partial charge in [0.2, 0.25) is 0 Å². The molecule has 3 N–H and O–H groups in total. The Balaban J connectivity index is 2.51. The molecule has 0 saturated carbocycles. The first-order chi connectivity index (χ1) is 9.54. The fourth-order valence-corrected chi connectivity index (χ4v) is 2.12. The Labute approximate surface area is 116 Å². The summed E-state index contributed by atoms with van der Waals surface area (Å²) in [5.74, 6) is -1.03. The summed E-state index contributed by atoms with van der Waals surface area (Å²) in [6, 6.07) is 6.28. The summed E-state index contributed by atoms with van der Waals surface area (Å²) in [5.41, 5.74) is 6.37. The van der Waals surface area contributed by atoms with Gasteiger partial charge < -0.3 is 11.1 Å². The number of nitrogens with zero attached hydrogens (tertiary/aromatic N) is 2. The molecule has 5 nitrogen and oxygen atoms in total. The molecule has 6 heteroatoms. The van der Waals surface area contributed by atoms with E-state index in [9.17, 15) is 9.18 Å². The number of halogens is 1. The predicted octanol–water partition coefficient (Wildman–Crippen LogP) is 1.78. The van der Waals surface area contributed by atoms with Crippen LogP contribution in [0.15, 0.2) is 30.5 Å². The minimum atomic E-state index is -0.638. The number of carbonyl (C=O) groups excluding carboxylic acids is 1. The van der Waals surface area contributed by atoms with E-state index in [1.165, 1.54) is 23.0 Å². The van der Waals surface area contributed by atoms with Gasteiger partial charge >= 0.3 is 0 Å². The van der Waals surface area contributed by atoms with Crippen LogP contribution in [0.2, 0.25) is 0 Å². The van der Waals surface area contributed by atoms with E-state index >= 15 is 0 Å². The number of nitrogens with one attached hydrogen (secondary N) is 1. The van der Waals surface area contributed by atoms with E-state index < -0.39 is 11.7 Å². The van der Waals surface area contributed by atoms with E-state index in [0.717, 1.165) is 12.1 Å². The van der Waals surface area contributed by atoms with Crippen molar-refractivity contribution in [3.8, 4) is 5.69 Å². The monoisotopic (exact) mass is 276 g/mol. The molecule has 1 amide bonds. The second-order valence-electron chi connectivity index (χ2n) is 4.47. The van der Waals surface area contributed by atoms with Crippen molar-refractivity contribution in [3.63, 3.8) is 0 Å². The molecular weight excluding hydrogens is 259 g/mol. The van der Waals surface area contributed by atoms with Crippen molar-refractivity contribution < 1.29 is 9.18 Å². The number of carbonyl (C=O) groups is 1. The summed E-state index contributed by atoms with van der Waals surface area (Å²) in [6.45, 7) is 4.69. The van der Waals surface area contributed by atoms with Gasteiger partial charge in [0.15, 0.2) is 0 Å². The third-order valence-electron chi connectivity index (χ3n) is 3.07. The molecule has 0 aliphatic carbocycles. The Morgan fingerprint density at radius 1 is 1.50 bits per heavy atom. The predicted molar refractivity (Wildman–Crippen MR) is 74.1 cm³/mol. The number of aromatic nitrogens is 2. The normalized spacial score (nSPS) is 12.3. The summed E-state index contributed by atoms with van der Waals surface area (Å²) in [7, 11) is 0. The summed E-state index contributed by atoms with van der Waals surface area (Å²) in [6.07, 6.45) is 1.53. The van der Waals surface area contributed by atoms with E-state index in [1.54, 1.807) is 6.07 Å². The zero-order chi connectivity index (χ0) is 14.7.